The normalized spacial score (nSPS) is 12.9. The number of fused-ring (bicyclic) bond motifs is 1. The Morgan fingerprint density at radius 2 is 1.93 bits per heavy atom. The second kappa shape index (κ2) is 8.71. The lowest BCUT2D eigenvalue weighted by molar-refractivity contribution is 0.102. The SMILES string of the molecule is CCOc1ccc(-c2nc(C(=O)Nc3cc4c(cc3Cl)OCCCO4)cs2)cc1. The van der Waals surface area contributed by atoms with Crippen LogP contribution in [0.15, 0.2) is 41.8 Å². The number of ether oxygens (including phenoxy) is 3. The summed E-state index contributed by atoms with van der Waals surface area (Å²) in [6.45, 7) is 3.68. The van der Waals surface area contributed by atoms with Gasteiger partial charge in [0.2, 0.25) is 0 Å². The Morgan fingerprint density at radius 1 is 1.21 bits per heavy atom. The minimum atomic E-state index is -0.338. The number of hydrogen-bond donors (Lipinski definition) is 1. The van der Waals surface area contributed by atoms with E-state index in [1.54, 1.807) is 17.5 Å². The van der Waals surface area contributed by atoms with E-state index in [-0.39, 0.29) is 5.91 Å². The number of aromatic nitrogens is 1. The van der Waals surface area contributed by atoms with E-state index in [0.29, 0.717) is 47.7 Å². The van der Waals surface area contributed by atoms with Crippen LogP contribution in [0.1, 0.15) is 23.8 Å². The number of amides is 1. The van der Waals surface area contributed by atoms with Crippen LogP contribution in [-0.4, -0.2) is 30.7 Å². The molecule has 0 unspecified atom stereocenters. The Morgan fingerprint density at radius 3 is 2.66 bits per heavy atom. The van der Waals surface area contributed by atoms with E-state index >= 15 is 0 Å². The van der Waals surface area contributed by atoms with Gasteiger partial charge >= 0.3 is 0 Å². The molecule has 2 aromatic carbocycles. The molecule has 6 nitrogen and oxygen atoms in total. The van der Waals surface area contributed by atoms with Gasteiger partial charge in [0.15, 0.2) is 11.5 Å². The van der Waals surface area contributed by atoms with Gasteiger partial charge in [-0.25, -0.2) is 4.98 Å². The Labute approximate surface area is 177 Å². The van der Waals surface area contributed by atoms with Gasteiger partial charge < -0.3 is 19.5 Å². The highest BCUT2D eigenvalue weighted by atomic mass is 35.5. The monoisotopic (exact) mass is 430 g/mol. The van der Waals surface area contributed by atoms with Gasteiger partial charge in [-0.1, -0.05) is 11.6 Å². The smallest absolute Gasteiger partial charge is 0.275 e. The van der Waals surface area contributed by atoms with E-state index in [2.05, 4.69) is 10.3 Å². The zero-order valence-electron chi connectivity index (χ0n) is 15.7. The molecule has 2 heterocycles. The van der Waals surface area contributed by atoms with Gasteiger partial charge in [-0.05, 0) is 31.2 Å². The summed E-state index contributed by atoms with van der Waals surface area (Å²) in [6, 6.07) is 11.0. The molecule has 3 aromatic rings. The standard InChI is InChI=1S/C21H19ClN2O4S/c1-2-26-14-6-4-13(5-7-14)21-24-17(12-29-21)20(25)23-16-11-19-18(10-15(16)22)27-8-3-9-28-19/h4-7,10-12H,2-3,8-9H2,1H3,(H,23,25). The molecule has 0 fully saturated rings. The minimum absolute atomic E-state index is 0.321. The van der Waals surface area contributed by atoms with E-state index in [0.717, 1.165) is 22.7 Å². The third-order valence-corrected chi connectivity index (χ3v) is 5.44. The molecule has 8 heteroatoms. The lowest BCUT2D eigenvalue weighted by Gasteiger charge is -2.12. The third kappa shape index (κ3) is 4.46. The number of halogens is 1. The number of benzene rings is 2. The molecule has 0 saturated heterocycles. The van der Waals surface area contributed by atoms with E-state index in [1.807, 2.05) is 31.2 Å². The molecular weight excluding hydrogens is 412 g/mol. The molecule has 1 aliphatic heterocycles. The number of anilines is 1. The van der Waals surface area contributed by atoms with Crippen molar-refractivity contribution in [2.24, 2.45) is 0 Å². The Kier molecular flexibility index (Phi) is 5.87. The van der Waals surface area contributed by atoms with Crippen molar-refractivity contribution >= 4 is 34.5 Å². The topological polar surface area (TPSA) is 69.7 Å². The fraction of sp³-hybridized carbons (Fsp3) is 0.238. The van der Waals surface area contributed by atoms with Crippen LogP contribution in [-0.2, 0) is 0 Å². The number of carbonyl (C=O) groups is 1. The van der Waals surface area contributed by atoms with Crippen LogP contribution in [0.5, 0.6) is 17.2 Å². The quantitative estimate of drug-likeness (QED) is 0.596. The Balaban J connectivity index is 1.50. The second-order valence-electron chi connectivity index (χ2n) is 6.28. The summed E-state index contributed by atoms with van der Waals surface area (Å²) in [6.07, 6.45) is 0.793. The van der Waals surface area contributed by atoms with Gasteiger partial charge in [0, 0.05) is 29.5 Å². The molecule has 1 amide bonds. The molecule has 29 heavy (non-hydrogen) atoms. The molecule has 0 saturated carbocycles. The fourth-order valence-corrected chi connectivity index (χ4v) is 3.84. The van der Waals surface area contributed by atoms with E-state index in [9.17, 15) is 4.79 Å². The summed E-state index contributed by atoms with van der Waals surface area (Å²) in [5.74, 6) is 1.61. The van der Waals surface area contributed by atoms with Crippen LogP contribution in [0, 0.1) is 0 Å². The van der Waals surface area contributed by atoms with Crippen molar-refractivity contribution in [3.63, 3.8) is 0 Å². The lowest BCUT2D eigenvalue weighted by atomic mass is 10.2. The highest BCUT2D eigenvalue weighted by Gasteiger charge is 2.18. The third-order valence-electron chi connectivity index (χ3n) is 4.23. The van der Waals surface area contributed by atoms with Crippen LogP contribution in [0.3, 0.4) is 0 Å². The molecule has 1 aromatic heterocycles. The van der Waals surface area contributed by atoms with Gasteiger partial charge in [-0.3, -0.25) is 4.79 Å². The fourth-order valence-electron chi connectivity index (χ4n) is 2.84. The van der Waals surface area contributed by atoms with Crippen LogP contribution in [0.2, 0.25) is 5.02 Å². The summed E-state index contributed by atoms with van der Waals surface area (Å²) in [4.78, 5) is 17.1. The lowest BCUT2D eigenvalue weighted by Crippen LogP contribution is -2.13. The Hall–Kier alpha value is -2.77. The maximum atomic E-state index is 12.7. The largest absolute Gasteiger partial charge is 0.494 e. The number of hydrogen-bond acceptors (Lipinski definition) is 6. The van der Waals surface area contributed by atoms with E-state index in [4.69, 9.17) is 25.8 Å². The predicted octanol–water partition coefficient (Wildman–Crippen LogP) is 5.28. The second-order valence-corrected chi connectivity index (χ2v) is 7.54. The summed E-state index contributed by atoms with van der Waals surface area (Å²) < 4.78 is 16.7. The van der Waals surface area contributed by atoms with Gasteiger partial charge in [0.1, 0.15) is 16.5 Å². The van der Waals surface area contributed by atoms with Gasteiger partial charge in [-0.15, -0.1) is 11.3 Å². The van der Waals surface area contributed by atoms with Crippen molar-refractivity contribution in [3.05, 3.63) is 52.5 Å². The van der Waals surface area contributed by atoms with Crippen LogP contribution in [0.25, 0.3) is 10.6 Å². The summed E-state index contributed by atoms with van der Waals surface area (Å²) in [5, 5.41) is 5.66. The molecule has 0 aliphatic carbocycles. The first kappa shape index (κ1) is 19.5. The first-order chi connectivity index (χ1) is 14.1. The average molecular weight is 431 g/mol. The highest BCUT2D eigenvalue weighted by Crippen LogP contribution is 2.38. The van der Waals surface area contributed by atoms with E-state index in [1.165, 1.54) is 11.3 Å². The molecule has 0 bridgehead atoms. The van der Waals surface area contributed by atoms with Crippen molar-refractivity contribution < 1.29 is 19.0 Å². The highest BCUT2D eigenvalue weighted by molar-refractivity contribution is 7.13. The zero-order chi connectivity index (χ0) is 20.2. The summed E-state index contributed by atoms with van der Waals surface area (Å²) in [5.41, 5.74) is 1.70. The first-order valence-corrected chi connectivity index (χ1v) is 10.5. The average Bonchev–Trinajstić information content (AvgIpc) is 3.11. The molecule has 0 radical (unpaired) electrons. The summed E-state index contributed by atoms with van der Waals surface area (Å²) in [7, 11) is 0. The molecule has 4 rings (SSSR count). The number of rotatable bonds is 5. The number of thiazole rings is 1. The van der Waals surface area contributed by atoms with Crippen molar-refractivity contribution in [2.75, 3.05) is 25.1 Å². The number of carbonyl (C=O) groups excluding carboxylic acids is 1. The molecule has 1 N–H and O–H groups in total. The summed E-state index contributed by atoms with van der Waals surface area (Å²) >= 11 is 7.71. The van der Waals surface area contributed by atoms with Gasteiger partial charge in [-0.2, -0.15) is 0 Å². The van der Waals surface area contributed by atoms with Crippen LogP contribution < -0.4 is 19.5 Å². The zero-order valence-corrected chi connectivity index (χ0v) is 17.3. The van der Waals surface area contributed by atoms with Crippen LogP contribution >= 0.6 is 22.9 Å². The first-order valence-electron chi connectivity index (χ1n) is 9.23. The van der Waals surface area contributed by atoms with Crippen molar-refractivity contribution in [3.8, 4) is 27.8 Å². The van der Waals surface area contributed by atoms with Crippen LogP contribution in [0.4, 0.5) is 5.69 Å². The van der Waals surface area contributed by atoms with E-state index < -0.39 is 0 Å². The van der Waals surface area contributed by atoms with Crippen molar-refractivity contribution in [2.45, 2.75) is 13.3 Å². The van der Waals surface area contributed by atoms with Crippen molar-refractivity contribution in [1.82, 2.24) is 4.98 Å². The molecule has 0 atom stereocenters. The van der Waals surface area contributed by atoms with Crippen molar-refractivity contribution in [1.29, 1.82) is 0 Å². The Bertz CT molecular complexity index is 1020. The molecule has 150 valence electrons. The maximum absolute atomic E-state index is 12.7. The van der Waals surface area contributed by atoms with Gasteiger partial charge in [0.05, 0.1) is 30.5 Å². The minimum Gasteiger partial charge on any atom is -0.494 e. The molecular formula is C21H19ClN2O4S. The number of nitrogens with one attached hydrogen (secondary N) is 1. The number of nitrogens with zero attached hydrogens (tertiary/aromatic N) is 1. The molecule has 1 aliphatic rings. The maximum Gasteiger partial charge on any atom is 0.275 e. The van der Waals surface area contributed by atoms with Gasteiger partial charge in [0.25, 0.3) is 5.91 Å². The molecule has 0 spiro atoms. The predicted molar refractivity (Wildman–Crippen MR) is 114 cm³/mol.